The fourth-order valence-corrected chi connectivity index (χ4v) is 1.39. The van der Waals surface area contributed by atoms with Crippen molar-refractivity contribution in [1.29, 1.82) is 0 Å². The topological polar surface area (TPSA) is 43.4 Å². The van der Waals surface area contributed by atoms with E-state index in [1.54, 1.807) is 6.20 Å². The minimum absolute atomic E-state index is 0.302. The molecule has 0 saturated carbocycles. The molecule has 0 radical (unpaired) electrons. The van der Waals surface area contributed by atoms with Gasteiger partial charge in [0, 0.05) is 24.9 Å². The van der Waals surface area contributed by atoms with Crippen molar-refractivity contribution in [2.75, 3.05) is 26.9 Å². The SMILES string of the molecule is CCCOCCOc1cc(C(C)NC)ccn1. The van der Waals surface area contributed by atoms with Gasteiger partial charge >= 0.3 is 0 Å². The van der Waals surface area contributed by atoms with Crippen LogP contribution in [-0.2, 0) is 4.74 Å². The van der Waals surface area contributed by atoms with Gasteiger partial charge in [-0.2, -0.15) is 0 Å². The van der Waals surface area contributed by atoms with Gasteiger partial charge in [-0.05, 0) is 32.0 Å². The number of hydrogen-bond acceptors (Lipinski definition) is 4. The van der Waals surface area contributed by atoms with Crippen molar-refractivity contribution < 1.29 is 9.47 Å². The molecule has 0 saturated heterocycles. The summed E-state index contributed by atoms with van der Waals surface area (Å²) in [4.78, 5) is 4.17. The lowest BCUT2D eigenvalue weighted by atomic mass is 10.1. The summed E-state index contributed by atoms with van der Waals surface area (Å²) in [5.74, 6) is 0.657. The average Bonchev–Trinajstić information content (AvgIpc) is 2.38. The Morgan fingerprint density at radius 2 is 2.18 bits per heavy atom. The molecule has 1 aromatic rings. The molecular weight excluding hydrogens is 216 g/mol. The second kappa shape index (κ2) is 8.03. The van der Waals surface area contributed by atoms with Crippen LogP contribution in [0.3, 0.4) is 0 Å². The molecule has 0 aliphatic rings. The highest BCUT2D eigenvalue weighted by Gasteiger charge is 2.04. The molecule has 0 fully saturated rings. The molecule has 4 heteroatoms. The number of nitrogens with zero attached hydrogens (tertiary/aromatic N) is 1. The van der Waals surface area contributed by atoms with E-state index in [0.29, 0.717) is 25.1 Å². The molecule has 0 aliphatic heterocycles. The largest absolute Gasteiger partial charge is 0.475 e. The van der Waals surface area contributed by atoms with Gasteiger partial charge in [0.25, 0.3) is 0 Å². The molecule has 0 bridgehead atoms. The molecule has 96 valence electrons. The van der Waals surface area contributed by atoms with Crippen molar-refractivity contribution in [1.82, 2.24) is 10.3 Å². The van der Waals surface area contributed by atoms with E-state index in [2.05, 4.69) is 24.1 Å². The third-order valence-electron chi connectivity index (χ3n) is 2.52. The highest BCUT2D eigenvalue weighted by molar-refractivity contribution is 5.23. The van der Waals surface area contributed by atoms with E-state index in [9.17, 15) is 0 Å². The van der Waals surface area contributed by atoms with Gasteiger partial charge in [0.15, 0.2) is 0 Å². The van der Waals surface area contributed by atoms with Crippen LogP contribution in [-0.4, -0.2) is 31.9 Å². The molecule has 1 aromatic heterocycles. The van der Waals surface area contributed by atoms with E-state index in [1.165, 1.54) is 5.56 Å². The van der Waals surface area contributed by atoms with E-state index in [0.717, 1.165) is 13.0 Å². The summed E-state index contributed by atoms with van der Waals surface area (Å²) >= 11 is 0. The number of pyridine rings is 1. The monoisotopic (exact) mass is 238 g/mol. The van der Waals surface area contributed by atoms with Crippen molar-refractivity contribution in [2.45, 2.75) is 26.3 Å². The second-order valence-electron chi connectivity index (χ2n) is 3.90. The van der Waals surface area contributed by atoms with Crippen LogP contribution in [0.25, 0.3) is 0 Å². The zero-order chi connectivity index (χ0) is 12.5. The lowest BCUT2D eigenvalue weighted by Crippen LogP contribution is -2.13. The molecule has 1 atom stereocenters. The van der Waals surface area contributed by atoms with Crippen LogP contribution in [0.15, 0.2) is 18.3 Å². The number of ether oxygens (including phenoxy) is 2. The Kier molecular flexibility index (Phi) is 6.58. The normalized spacial score (nSPS) is 12.4. The van der Waals surface area contributed by atoms with Crippen LogP contribution >= 0.6 is 0 Å². The first kappa shape index (κ1) is 13.9. The molecule has 0 aromatic carbocycles. The Balaban J connectivity index is 2.38. The zero-order valence-corrected chi connectivity index (χ0v) is 10.9. The Labute approximate surface area is 103 Å². The standard InChI is InChI=1S/C13H22N2O2/c1-4-7-16-8-9-17-13-10-12(5-6-15-13)11(2)14-3/h5-6,10-11,14H,4,7-9H2,1-3H3. The van der Waals surface area contributed by atoms with E-state index in [4.69, 9.17) is 9.47 Å². The van der Waals surface area contributed by atoms with E-state index >= 15 is 0 Å². The van der Waals surface area contributed by atoms with Crippen molar-refractivity contribution in [3.63, 3.8) is 0 Å². The molecule has 1 heterocycles. The van der Waals surface area contributed by atoms with Crippen LogP contribution in [0.1, 0.15) is 31.9 Å². The van der Waals surface area contributed by atoms with Gasteiger partial charge in [-0.15, -0.1) is 0 Å². The molecule has 0 amide bonds. The third-order valence-corrected chi connectivity index (χ3v) is 2.52. The first-order valence-corrected chi connectivity index (χ1v) is 6.11. The van der Waals surface area contributed by atoms with Gasteiger partial charge < -0.3 is 14.8 Å². The van der Waals surface area contributed by atoms with Crippen LogP contribution in [0, 0.1) is 0 Å². The minimum Gasteiger partial charge on any atom is -0.475 e. The van der Waals surface area contributed by atoms with E-state index in [1.807, 2.05) is 19.2 Å². The Morgan fingerprint density at radius 1 is 1.35 bits per heavy atom. The molecule has 17 heavy (non-hydrogen) atoms. The summed E-state index contributed by atoms with van der Waals surface area (Å²) in [5, 5.41) is 3.18. The fraction of sp³-hybridized carbons (Fsp3) is 0.615. The number of nitrogens with one attached hydrogen (secondary N) is 1. The molecule has 0 spiro atoms. The third kappa shape index (κ3) is 5.15. The molecular formula is C13H22N2O2. The van der Waals surface area contributed by atoms with Gasteiger partial charge in [-0.1, -0.05) is 6.92 Å². The molecule has 1 rings (SSSR count). The second-order valence-corrected chi connectivity index (χ2v) is 3.90. The van der Waals surface area contributed by atoms with Crippen molar-refractivity contribution in [2.24, 2.45) is 0 Å². The lowest BCUT2D eigenvalue weighted by Gasteiger charge is -2.12. The predicted octanol–water partition coefficient (Wildman–Crippen LogP) is 2.17. The number of aromatic nitrogens is 1. The van der Waals surface area contributed by atoms with Crippen LogP contribution in [0.4, 0.5) is 0 Å². The number of hydrogen-bond donors (Lipinski definition) is 1. The maximum absolute atomic E-state index is 5.52. The summed E-state index contributed by atoms with van der Waals surface area (Å²) in [6.45, 7) is 6.13. The summed E-state index contributed by atoms with van der Waals surface area (Å²) < 4.78 is 10.9. The first-order chi connectivity index (χ1) is 8.27. The Morgan fingerprint density at radius 3 is 2.88 bits per heavy atom. The number of rotatable bonds is 8. The quantitative estimate of drug-likeness (QED) is 0.705. The van der Waals surface area contributed by atoms with Gasteiger partial charge in [0.2, 0.25) is 5.88 Å². The summed E-state index contributed by atoms with van der Waals surface area (Å²) in [5.41, 5.74) is 1.17. The van der Waals surface area contributed by atoms with Gasteiger partial charge in [-0.25, -0.2) is 4.98 Å². The van der Waals surface area contributed by atoms with Crippen LogP contribution in [0.5, 0.6) is 5.88 Å². The maximum atomic E-state index is 5.52. The molecule has 4 nitrogen and oxygen atoms in total. The fourth-order valence-electron chi connectivity index (χ4n) is 1.39. The minimum atomic E-state index is 0.302. The van der Waals surface area contributed by atoms with Crippen molar-refractivity contribution >= 4 is 0 Å². The Bertz CT molecular complexity index is 318. The van der Waals surface area contributed by atoms with Crippen molar-refractivity contribution in [3.05, 3.63) is 23.9 Å². The molecule has 1 N–H and O–H groups in total. The summed E-state index contributed by atoms with van der Waals surface area (Å²) in [6.07, 6.45) is 2.80. The Hall–Kier alpha value is -1.13. The summed E-state index contributed by atoms with van der Waals surface area (Å²) in [6, 6.07) is 4.25. The highest BCUT2D eigenvalue weighted by Crippen LogP contribution is 2.15. The lowest BCUT2D eigenvalue weighted by molar-refractivity contribution is 0.0990. The smallest absolute Gasteiger partial charge is 0.213 e. The van der Waals surface area contributed by atoms with Gasteiger partial charge in [-0.3, -0.25) is 0 Å². The molecule has 0 aliphatic carbocycles. The average molecular weight is 238 g/mol. The van der Waals surface area contributed by atoms with Crippen molar-refractivity contribution in [3.8, 4) is 5.88 Å². The van der Waals surface area contributed by atoms with E-state index in [-0.39, 0.29) is 0 Å². The predicted molar refractivity (Wildman–Crippen MR) is 68.3 cm³/mol. The van der Waals surface area contributed by atoms with Gasteiger partial charge in [0.1, 0.15) is 6.61 Å². The van der Waals surface area contributed by atoms with Crippen LogP contribution in [0.2, 0.25) is 0 Å². The highest BCUT2D eigenvalue weighted by atomic mass is 16.5. The molecule has 1 unspecified atom stereocenters. The van der Waals surface area contributed by atoms with Gasteiger partial charge in [0.05, 0.1) is 6.61 Å². The van der Waals surface area contributed by atoms with E-state index < -0.39 is 0 Å². The zero-order valence-electron chi connectivity index (χ0n) is 10.9. The maximum Gasteiger partial charge on any atom is 0.213 e. The first-order valence-electron chi connectivity index (χ1n) is 6.11. The van der Waals surface area contributed by atoms with Crippen LogP contribution < -0.4 is 10.1 Å². The summed E-state index contributed by atoms with van der Waals surface area (Å²) in [7, 11) is 1.93.